The number of nitrogens with two attached hydrogens (primary N) is 1. The van der Waals surface area contributed by atoms with Gasteiger partial charge in [0.05, 0.1) is 7.11 Å². The average molecular weight is 207 g/mol. The molecule has 0 amide bonds. The Balaban J connectivity index is 3.34. The summed E-state index contributed by atoms with van der Waals surface area (Å²) in [6.07, 6.45) is 2.52. The quantitative estimate of drug-likeness (QED) is 0.744. The Morgan fingerprint density at radius 3 is 2.73 bits per heavy atom. The van der Waals surface area contributed by atoms with Crippen molar-refractivity contribution < 1.29 is 9.84 Å². The number of ether oxygens (including phenoxy) is 1. The third-order valence-electron chi connectivity index (χ3n) is 2.29. The fourth-order valence-corrected chi connectivity index (χ4v) is 1.68. The van der Waals surface area contributed by atoms with E-state index in [0.29, 0.717) is 12.2 Å². The van der Waals surface area contributed by atoms with Gasteiger partial charge in [-0.1, -0.05) is 12.1 Å². The first-order valence-electron chi connectivity index (χ1n) is 4.87. The molecular formula is C12H17NO2. The summed E-state index contributed by atoms with van der Waals surface area (Å²) in [7, 11) is 1.53. The Bertz CT molecular complexity index is 359. The van der Waals surface area contributed by atoms with E-state index in [0.717, 1.165) is 11.1 Å². The number of allylic oxidation sites excluding steroid dienone is 1. The number of benzene rings is 1. The normalized spacial score (nSPS) is 12.2. The second kappa shape index (κ2) is 4.84. The van der Waals surface area contributed by atoms with Crippen LogP contribution in [0.5, 0.6) is 11.5 Å². The molecule has 0 aliphatic carbocycles. The molecule has 0 aromatic heterocycles. The minimum absolute atomic E-state index is 0.123. The van der Waals surface area contributed by atoms with Gasteiger partial charge in [0, 0.05) is 11.6 Å². The molecule has 3 N–H and O–H groups in total. The number of methoxy groups -OCH3 is 1. The molecule has 1 aromatic carbocycles. The Labute approximate surface area is 90.2 Å². The molecule has 0 fully saturated rings. The standard InChI is InChI=1S/C12H17NO2/c1-4-5-9-6-7-10(14)12(15-3)11(9)8(2)13/h4,6-8,14H,1,5,13H2,2-3H3. The van der Waals surface area contributed by atoms with Crippen molar-refractivity contribution in [3.8, 4) is 11.5 Å². The molecule has 3 nitrogen and oxygen atoms in total. The van der Waals surface area contributed by atoms with E-state index < -0.39 is 0 Å². The van der Waals surface area contributed by atoms with Gasteiger partial charge in [-0.05, 0) is 25.0 Å². The van der Waals surface area contributed by atoms with Crippen molar-refractivity contribution in [3.05, 3.63) is 35.9 Å². The lowest BCUT2D eigenvalue weighted by Crippen LogP contribution is -2.10. The minimum Gasteiger partial charge on any atom is -0.504 e. The summed E-state index contributed by atoms with van der Waals surface area (Å²) in [6.45, 7) is 5.56. The number of aromatic hydroxyl groups is 1. The number of hydrogen-bond donors (Lipinski definition) is 2. The molecule has 1 unspecified atom stereocenters. The summed E-state index contributed by atoms with van der Waals surface area (Å²) < 4.78 is 5.16. The maximum Gasteiger partial charge on any atom is 0.165 e. The molecule has 0 heterocycles. The van der Waals surface area contributed by atoms with Gasteiger partial charge in [-0.3, -0.25) is 0 Å². The zero-order valence-electron chi connectivity index (χ0n) is 9.16. The smallest absolute Gasteiger partial charge is 0.165 e. The van der Waals surface area contributed by atoms with Gasteiger partial charge in [0.25, 0.3) is 0 Å². The fourth-order valence-electron chi connectivity index (χ4n) is 1.68. The van der Waals surface area contributed by atoms with Crippen LogP contribution in [0.3, 0.4) is 0 Å². The van der Waals surface area contributed by atoms with Crippen LogP contribution in [0.25, 0.3) is 0 Å². The average Bonchev–Trinajstić information content (AvgIpc) is 2.20. The summed E-state index contributed by atoms with van der Waals surface area (Å²) in [5.74, 6) is 0.585. The highest BCUT2D eigenvalue weighted by molar-refractivity contribution is 5.51. The largest absolute Gasteiger partial charge is 0.504 e. The number of phenols is 1. The fraction of sp³-hybridized carbons (Fsp3) is 0.333. The van der Waals surface area contributed by atoms with Gasteiger partial charge in [-0.2, -0.15) is 0 Å². The van der Waals surface area contributed by atoms with Gasteiger partial charge in [0.2, 0.25) is 0 Å². The van der Waals surface area contributed by atoms with E-state index in [9.17, 15) is 5.11 Å². The first-order valence-corrected chi connectivity index (χ1v) is 4.87. The molecule has 0 radical (unpaired) electrons. The summed E-state index contributed by atoms with van der Waals surface area (Å²) >= 11 is 0. The van der Waals surface area contributed by atoms with E-state index >= 15 is 0 Å². The molecule has 1 rings (SSSR count). The highest BCUT2D eigenvalue weighted by Crippen LogP contribution is 2.36. The topological polar surface area (TPSA) is 55.5 Å². The maximum absolute atomic E-state index is 9.63. The highest BCUT2D eigenvalue weighted by atomic mass is 16.5. The van der Waals surface area contributed by atoms with Crippen molar-refractivity contribution in [1.82, 2.24) is 0 Å². The van der Waals surface area contributed by atoms with Gasteiger partial charge in [0.15, 0.2) is 11.5 Å². The zero-order chi connectivity index (χ0) is 11.4. The lowest BCUT2D eigenvalue weighted by molar-refractivity contribution is 0.366. The Morgan fingerprint density at radius 1 is 1.60 bits per heavy atom. The summed E-state index contributed by atoms with van der Waals surface area (Å²) in [4.78, 5) is 0. The van der Waals surface area contributed by atoms with E-state index in [4.69, 9.17) is 10.5 Å². The molecule has 0 bridgehead atoms. The number of rotatable bonds is 4. The highest BCUT2D eigenvalue weighted by Gasteiger charge is 2.15. The molecule has 0 saturated heterocycles. The van der Waals surface area contributed by atoms with Crippen LogP contribution in [0.4, 0.5) is 0 Å². The van der Waals surface area contributed by atoms with Crippen LogP contribution < -0.4 is 10.5 Å². The van der Waals surface area contributed by atoms with Crippen LogP contribution in [0.1, 0.15) is 24.1 Å². The van der Waals surface area contributed by atoms with Crippen LogP contribution in [0.15, 0.2) is 24.8 Å². The lowest BCUT2D eigenvalue weighted by atomic mass is 9.98. The van der Waals surface area contributed by atoms with E-state index in [1.165, 1.54) is 7.11 Å². The minimum atomic E-state index is -0.179. The van der Waals surface area contributed by atoms with E-state index in [1.807, 2.05) is 13.0 Å². The van der Waals surface area contributed by atoms with Gasteiger partial charge < -0.3 is 15.6 Å². The van der Waals surface area contributed by atoms with E-state index in [2.05, 4.69) is 6.58 Å². The van der Waals surface area contributed by atoms with Gasteiger partial charge in [-0.25, -0.2) is 0 Å². The first-order chi connectivity index (χ1) is 7.11. The number of hydrogen-bond acceptors (Lipinski definition) is 3. The van der Waals surface area contributed by atoms with Gasteiger partial charge in [-0.15, -0.1) is 6.58 Å². The third kappa shape index (κ3) is 2.30. The van der Waals surface area contributed by atoms with Crippen molar-refractivity contribution in [2.24, 2.45) is 5.73 Å². The molecule has 1 aromatic rings. The summed E-state index contributed by atoms with van der Waals surface area (Å²) in [5.41, 5.74) is 7.75. The molecule has 0 saturated carbocycles. The van der Waals surface area contributed by atoms with Crippen molar-refractivity contribution in [3.63, 3.8) is 0 Å². The lowest BCUT2D eigenvalue weighted by Gasteiger charge is -2.17. The zero-order valence-corrected chi connectivity index (χ0v) is 9.16. The Kier molecular flexibility index (Phi) is 3.74. The van der Waals surface area contributed by atoms with Crippen LogP contribution in [0.2, 0.25) is 0 Å². The molecule has 0 aliphatic rings. The van der Waals surface area contributed by atoms with Gasteiger partial charge in [0.1, 0.15) is 0 Å². The van der Waals surface area contributed by atoms with Gasteiger partial charge >= 0.3 is 0 Å². The predicted molar refractivity (Wildman–Crippen MR) is 61.2 cm³/mol. The van der Waals surface area contributed by atoms with Crippen LogP contribution >= 0.6 is 0 Å². The first kappa shape index (κ1) is 11.6. The van der Waals surface area contributed by atoms with Crippen LogP contribution in [-0.4, -0.2) is 12.2 Å². The van der Waals surface area contributed by atoms with Crippen molar-refractivity contribution in [2.75, 3.05) is 7.11 Å². The Morgan fingerprint density at radius 2 is 2.27 bits per heavy atom. The molecule has 0 aliphatic heterocycles. The number of phenolic OH excluding ortho intramolecular Hbond substituents is 1. The molecule has 15 heavy (non-hydrogen) atoms. The van der Waals surface area contributed by atoms with Crippen molar-refractivity contribution in [1.29, 1.82) is 0 Å². The summed E-state index contributed by atoms with van der Waals surface area (Å²) in [6, 6.07) is 3.28. The van der Waals surface area contributed by atoms with Crippen molar-refractivity contribution >= 4 is 0 Å². The second-order valence-electron chi connectivity index (χ2n) is 3.47. The predicted octanol–water partition coefficient (Wildman–Crippen LogP) is 2.15. The monoisotopic (exact) mass is 207 g/mol. The van der Waals surface area contributed by atoms with Crippen LogP contribution in [0, 0.1) is 0 Å². The van der Waals surface area contributed by atoms with E-state index in [1.54, 1.807) is 12.1 Å². The third-order valence-corrected chi connectivity index (χ3v) is 2.29. The molecule has 0 spiro atoms. The Hall–Kier alpha value is -1.48. The van der Waals surface area contributed by atoms with Crippen LogP contribution in [-0.2, 0) is 6.42 Å². The second-order valence-corrected chi connectivity index (χ2v) is 3.47. The maximum atomic E-state index is 9.63. The molecule has 3 heteroatoms. The SMILES string of the molecule is C=CCc1ccc(O)c(OC)c1C(C)N. The molecular weight excluding hydrogens is 190 g/mol. The van der Waals surface area contributed by atoms with E-state index in [-0.39, 0.29) is 11.8 Å². The summed E-state index contributed by atoms with van der Waals surface area (Å²) in [5, 5.41) is 9.63. The molecule has 1 atom stereocenters. The van der Waals surface area contributed by atoms with Crippen molar-refractivity contribution in [2.45, 2.75) is 19.4 Å². The molecule has 82 valence electrons.